The topological polar surface area (TPSA) is 35.5 Å². The van der Waals surface area contributed by atoms with E-state index in [0.29, 0.717) is 0 Å². The summed E-state index contributed by atoms with van der Waals surface area (Å²) in [6, 6.07) is 0. The van der Waals surface area contributed by atoms with Crippen LogP contribution in [0.5, 0.6) is 0 Å². The molecule has 0 aromatic heterocycles. The molecule has 14 heavy (non-hydrogen) atoms. The molecule has 3 heteroatoms. The minimum atomic E-state index is -0.801. The first-order valence-electron chi connectivity index (χ1n) is 4.88. The Kier molecular flexibility index (Phi) is 2.29. The molecular formula is C11H14O3. The molecule has 1 aliphatic carbocycles. The predicted molar refractivity (Wildman–Crippen MR) is 51.7 cm³/mol. The molecule has 3 nitrogen and oxygen atoms in total. The zero-order valence-electron chi connectivity index (χ0n) is 8.40. The van der Waals surface area contributed by atoms with Crippen LogP contribution in [-0.4, -0.2) is 23.8 Å². The van der Waals surface area contributed by atoms with Crippen LogP contribution in [-0.2, 0) is 14.3 Å². The van der Waals surface area contributed by atoms with Crippen LogP contribution in [0.3, 0.4) is 0 Å². The summed E-state index contributed by atoms with van der Waals surface area (Å²) < 4.78 is 11.4. The lowest BCUT2D eigenvalue weighted by Gasteiger charge is -2.40. The Morgan fingerprint density at radius 1 is 1.21 bits per heavy atom. The largest absolute Gasteiger partial charge is 0.340 e. The molecule has 1 aliphatic heterocycles. The summed E-state index contributed by atoms with van der Waals surface area (Å²) >= 11 is 0. The highest BCUT2D eigenvalue weighted by atomic mass is 16.7. The van der Waals surface area contributed by atoms with E-state index >= 15 is 0 Å². The van der Waals surface area contributed by atoms with E-state index in [0.717, 1.165) is 6.42 Å². The molecular weight excluding hydrogens is 180 g/mol. The van der Waals surface area contributed by atoms with Crippen LogP contribution in [0.1, 0.15) is 20.3 Å². The van der Waals surface area contributed by atoms with Crippen molar-refractivity contribution in [2.45, 2.75) is 38.3 Å². The normalized spacial score (nSPS) is 35.1. The number of ketones is 1. The summed E-state index contributed by atoms with van der Waals surface area (Å²) in [5.74, 6) is -0.820. The molecule has 1 heterocycles. The molecule has 1 spiro atoms. The lowest BCUT2D eigenvalue weighted by Crippen LogP contribution is -2.45. The third-order valence-electron chi connectivity index (χ3n) is 2.39. The van der Waals surface area contributed by atoms with Crippen molar-refractivity contribution < 1.29 is 14.3 Å². The second-order valence-corrected chi connectivity index (χ2v) is 3.88. The molecule has 0 aromatic rings. The van der Waals surface area contributed by atoms with Gasteiger partial charge in [0.05, 0.1) is 12.2 Å². The zero-order chi connectivity index (χ0) is 10.2. The van der Waals surface area contributed by atoms with Gasteiger partial charge < -0.3 is 9.47 Å². The van der Waals surface area contributed by atoms with E-state index in [-0.39, 0.29) is 18.0 Å². The van der Waals surface area contributed by atoms with Crippen LogP contribution >= 0.6 is 0 Å². The van der Waals surface area contributed by atoms with Gasteiger partial charge in [-0.2, -0.15) is 0 Å². The van der Waals surface area contributed by atoms with Crippen molar-refractivity contribution in [2.75, 3.05) is 0 Å². The molecule has 2 rings (SSSR count). The molecule has 0 N–H and O–H groups in total. The maximum absolute atomic E-state index is 11.0. The summed E-state index contributed by atoms with van der Waals surface area (Å²) in [5.41, 5.74) is 0. The van der Waals surface area contributed by atoms with Gasteiger partial charge in [-0.3, -0.25) is 4.79 Å². The Morgan fingerprint density at radius 3 is 2.21 bits per heavy atom. The molecule has 1 fully saturated rings. The van der Waals surface area contributed by atoms with Gasteiger partial charge in [-0.05, 0) is 44.6 Å². The lowest BCUT2D eigenvalue weighted by atomic mass is 10.0. The highest BCUT2D eigenvalue weighted by molar-refractivity contribution is 6.00. The molecule has 0 amide bonds. The highest BCUT2D eigenvalue weighted by Gasteiger charge is 2.37. The first-order valence-corrected chi connectivity index (χ1v) is 4.88. The van der Waals surface area contributed by atoms with E-state index in [2.05, 4.69) is 0 Å². The zero-order valence-corrected chi connectivity index (χ0v) is 8.40. The van der Waals surface area contributed by atoms with Gasteiger partial charge in [-0.25, -0.2) is 0 Å². The van der Waals surface area contributed by atoms with E-state index in [1.165, 1.54) is 12.2 Å². The Labute approximate surface area is 83.4 Å². The quantitative estimate of drug-likeness (QED) is 0.587. The van der Waals surface area contributed by atoms with E-state index < -0.39 is 5.79 Å². The van der Waals surface area contributed by atoms with Crippen molar-refractivity contribution in [3.8, 4) is 0 Å². The van der Waals surface area contributed by atoms with E-state index in [1.807, 2.05) is 13.8 Å². The fourth-order valence-corrected chi connectivity index (χ4v) is 1.89. The standard InChI is InChI=1S/C11H14O3/c1-8-7-9(2)14-11(13-8)5-3-10(12)4-6-11/h3-6,8-9H,7H2,1-2H3. The first kappa shape index (κ1) is 9.62. The second kappa shape index (κ2) is 3.33. The number of hydrogen-bond acceptors (Lipinski definition) is 3. The number of rotatable bonds is 0. The first-order chi connectivity index (χ1) is 6.60. The number of carbonyl (C=O) groups excluding carboxylic acids is 1. The second-order valence-electron chi connectivity index (χ2n) is 3.88. The van der Waals surface area contributed by atoms with Crippen molar-refractivity contribution in [3.63, 3.8) is 0 Å². The van der Waals surface area contributed by atoms with Crippen molar-refractivity contribution in [1.82, 2.24) is 0 Å². The van der Waals surface area contributed by atoms with E-state index in [4.69, 9.17) is 9.47 Å². The van der Waals surface area contributed by atoms with Crippen molar-refractivity contribution in [3.05, 3.63) is 24.3 Å². The predicted octanol–water partition coefficient (Wildman–Crippen LogP) is 1.59. The van der Waals surface area contributed by atoms with Crippen molar-refractivity contribution >= 4 is 5.78 Å². The summed E-state index contributed by atoms with van der Waals surface area (Å²) in [4.78, 5) is 11.0. The Bertz CT molecular complexity index is 276. The van der Waals surface area contributed by atoms with Gasteiger partial charge >= 0.3 is 0 Å². The van der Waals surface area contributed by atoms with Gasteiger partial charge in [0.1, 0.15) is 0 Å². The minimum Gasteiger partial charge on any atom is -0.340 e. The van der Waals surface area contributed by atoms with Gasteiger partial charge in [0, 0.05) is 0 Å². The van der Waals surface area contributed by atoms with Crippen molar-refractivity contribution in [1.29, 1.82) is 0 Å². The lowest BCUT2D eigenvalue weighted by molar-refractivity contribution is -0.259. The van der Waals surface area contributed by atoms with E-state index in [9.17, 15) is 4.79 Å². The maximum atomic E-state index is 11.0. The van der Waals surface area contributed by atoms with Crippen molar-refractivity contribution in [2.24, 2.45) is 0 Å². The van der Waals surface area contributed by atoms with Crippen LogP contribution < -0.4 is 0 Å². The molecule has 0 bridgehead atoms. The van der Waals surface area contributed by atoms with Gasteiger partial charge in [0.2, 0.25) is 5.79 Å². The monoisotopic (exact) mass is 194 g/mol. The SMILES string of the molecule is CC1CC(C)OC2(C=CC(=O)C=C2)O1. The Morgan fingerprint density at radius 2 is 1.71 bits per heavy atom. The fourth-order valence-electron chi connectivity index (χ4n) is 1.89. The number of ether oxygens (including phenoxy) is 2. The van der Waals surface area contributed by atoms with Gasteiger partial charge in [-0.1, -0.05) is 0 Å². The van der Waals surface area contributed by atoms with Crippen LogP contribution in [0.2, 0.25) is 0 Å². The molecule has 2 aliphatic rings. The smallest absolute Gasteiger partial charge is 0.209 e. The molecule has 0 aromatic carbocycles. The summed E-state index contributed by atoms with van der Waals surface area (Å²) in [7, 11) is 0. The third kappa shape index (κ3) is 1.79. The maximum Gasteiger partial charge on any atom is 0.209 e. The fraction of sp³-hybridized carbons (Fsp3) is 0.545. The number of allylic oxidation sites excluding steroid dienone is 2. The summed E-state index contributed by atoms with van der Waals surface area (Å²) in [5, 5.41) is 0. The Hall–Kier alpha value is -0.930. The number of hydrogen-bond donors (Lipinski definition) is 0. The average Bonchev–Trinajstić information content (AvgIpc) is 2.09. The van der Waals surface area contributed by atoms with Crippen LogP contribution in [0.25, 0.3) is 0 Å². The number of carbonyl (C=O) groups is 1. The van der Waals surface area contributed by atoms with Gasteiger partial charge in [0.15, 0.2) is 5.78 Å². The molecule has 2 atom stereocenters. The molecule has 0 saturated carbocycles. The minimum absolute atomic E-state index is 0.0197. The van der Waals surface area contributed by atoms with Crippen LogP contribution in [0.15, 0.2) is 24.3 Å². The van der Waals surface area contributed by atoms with Crippen LogP contribution in [0, 0.1) is 0 Å². The molecule has 0 radical (unpaired) electrons. The van der Waals surface area contributed by atoms with E-state index in [1.54, 1.807) is 12.2 Å². The van der Waals surface area contributed by atoms with Gasteiger partial charge in [-0.15, -0.1) is 0 Å². The third-order valence-corrected chi connectivity index (χ3v) is 2.39. The highest BCUT2D eigenvalue weighted by Crippen LogP contribution is 2.31. The molecule has 1 saturated heterocycles. The molecule has 76 valence electrons. The summed E-state index contributed by atoms with van der Waals surface area (Å²) in [6.45, 7) is 4.03. The van der Waals surface area contributed by atoms with Gasteiger partial charge in [0.25, 0.3) is 0 Å². The Balaban J connectivity index is 2.19. The molecule has 2 unspecified atom stereocenters. The summed E-state index contributed by atoms with van der Waals surface area (Å²) in [6.07, 6.45) is 7.54. The van der Waals surface area contributed by atoms with Crippen LogP contribution in [0.4, 0.5) is 0 Å². The average molecular weight is 194 g/mol.